The second-order valence-corrected chi connectivity index (χ2v) is 9.29. The largest absolute Gasteiger partial charge is 0.369 e. The van der Waals surface area contributed by atoms with Crippen LogP contribution in [0, 0.1) is 10.1 Å². The van der Waals surface area contributed by atoms with Gasteiger partial charge in [-0.2, -0.15) is 0 Å². The van der Waals surface area contributed by atoms with Crippen LogP contribution in [0.15, 0.2) is 42.5 Å². The number of hydrogen-bond acceptors (Lipinski definition) is 7. The number of piperidine rings is 1. The van der Waals surface area contributed by atoms with Crippen molar-refractivity contribution in [3.8, 4) is 0 Å². The third-order valence-corrected chi connectivity index (χ3v) is 6.87. The number of nitro groups is 1. The standard InChI is InChI=1S/C25H32N6O3S/c1-2-28-14-16-29(17-15-28)21-9-7-20(8-10-21)26-25(35)27-24(32)19-6-11-22(23(18-19)31(33)34)30-12-4-3-5-13-30/h6-11,18H,2-5,12-17H2,1H3,(H2,26,27,32,35). The molecule has 2 N–H and O–H groups in total. The van der Waals surface area contributed by atoms with Crippen LogP contribution in [0.25, 0.3) is 0 Å². The van der Waals surface area contributed by atoms with Gasteiger partial charge in [0.05, 0.1) is 4.92 Å². The van der Waals surface area contributed by atoms with E-state index in [0.717, 1.165) is 76.5 Å². The number of benzene rings is 2. The first-order valence-corrected chi connectivity index (χ1v) is 12.6. The van der Waals surface area contributed by atoms with Gasteiger partial charge >= 0.3 is 0 Å². The first-order valence-electron chi connectivity index (χ1n) is 12.2. The Morgan fingerprint density at radius 1 is 0.971 bits per heavy atom. The van der Waals surface area contributed by atoms with Gasteiger partial charge < -0.3 is 20.0 Å². The van der Waals surface area contributed by atoms with Gasteiger partial charge in [0.15, 0.2) is 5.11 Å². The fourth-order valence-corrected chi connectivity index (χ4v) is 4.84. The molecule has 9 nitrogen and oxygen atoms in total. The molecule has 2 aromatic rings. The summed E-state index contributed by atoms with van der Waals surface area (Å²) in [7, 11) is 0. The lowest BCUT2D eigenvalue weighted by Crippen LogP contribution is -2.46. The molecule has 35 heavy (non-hydrogen) atoms. The van der Waals surface area contributed by atoms with Crippen molar-refractivity contribution in [3.63, 3.8) is 0 Å². The van der Waals surface area contributed by atoms with Gasteiger partial charge in [0.2, 0.25) is 0 Å². The molecule has 10 heteroatoms. The number of rotatable bonds is 6. The highest BCUT2D eigenvalue weighted by molar-refractivity contribution is 7.80. The minimum absolute atomic E-state index is 0.0613. The maximum atomic E-state index is 12.7. The maximum Gasteiger partial charge on any atom is 0.293 e. The fourth-order valence-electron chi connectivity index (χ4n) is 4.63. The van der Waals surface area contributed by atoms with E-state index in [9.17, 15) is 14.9 Å². The zero-order valence-corrected chi connectivity index (χ0v) is 20.9. The average molecular weight is 497 g/mol. The number of hydrogen-bond donors (Lipinski definition) is 2. The van der Waals surface area contributed by atoms with Crippen LogP contribution in [0.2, 0.25) is 0 Å². The topological polar surface area (TPSA) is 94.0 Å². The lowest BCUT2D eigenvalue weighted by molar-refractivity contribution is -0.384. The molecule has 0 radical (unpaired) electrons. The van der Waals surface area contributed by atoms with Crippen LogP contribution >= 0.6 is 12.2 Å². The van der Waals surface area contributed by atoms with Crippen molar-refractivity contribution in [3.05, 3.63) is 58.1 Å². The number of nitrogens with one attached hydrogen (secondary N) is 2. The molecular formula is C25H32N6O3S. The number of carbonyl (C=O) groups excluding carboxylic acids is 1. The minimum Gasteiger partial charge on any atom is -0.369 e. The van der Waals surface area contributed by atoms with Crippen LogP contribution in [0.3, 0.4) is 0 Å². The van der Waals surface area contributed by atoms with Gasteiger partial charge in [-0.05, 0) is 74.4 Å². The van der Waals surface area contributed by atoms with Crippen molar-refractivity contribution in [1.29, 1.82) is 0 Å². The quantitative estimate of drug-likeness (QED) is 0.354. The zero-order chi connectivity index (χ0) is 24.8. The summed E-state index contributed by atoms with van der Waals surface area (Å²) >= 11 is 5.31. The monoisotopic (exact) mass is 496 g/mol. The van der Waals surface area contributed by atoms with Crippen LogP contribution in [-0.2, 0) is 0 Å². The summed E-state index contributed by atoms with van der Waals surface area (Å²) in [6.45, 7) is 8.95. The van der Waals surface area contributed by atoms with Gasteiger partial charge in [-0.25, -0.2) is 0 Å². The number of nitrogens with zero attached hydrogens (tertiary/aromatic N) is 4. The molecule has 0 bridgehead atoms. The van der Waals surface area contributed by atoms with Gasteiger partial charge in [-0.3, -0.25) is 20.2 Å². The van der Waals surface area contributed by atoms with E-state index in [1.54, 1.807) is 12.1 Å². The van der Waals surface area contributed by atoms with Crippen LogP contribution in [0.5, 0.6) is 0 Å². The second kappa shape index (κ2) is 11.5. The maximum absolute atomic E-state index is 12.7. The highest BCUT2D eigenvalue weighted by Gasteiger charge is 2.23. The fraction of sp³-hybridized carbons (Fsp3) is 0.440. The number of carbonyl (C=O) groups is 1. The molecule has 2 heterocycles. The first kappa shape index (κ1) is 24.9. The Labute approximate surface area is 211 Å². The second-order valence-electron chi connectivity index (χ2n) is 8.88. The van der Waals surface area contributed by atoms with Gasteiger partial charge in [0, 0.05) is 62.3 Å². The number of likely N-dealkylation sites (N-methyl/N-ethyl adjacent to an activating group) is 1. The number of anilines is 3. The van der Waals surface area contributed by atoms with Crippen molar-refractivity contribution < 1.29 is 9.72 Å². The normalized spacial score (nSPS) is 16.6. The summed E-state index contributed by atoms with van der Waals surface area (Å²) in [6, 6.07) is 12.5. The summed E-state index contributed by atoms with van der Waals surface area (Å²) in [5.74, 6) is -0.485. The van der Waals surface area contributed by atoms with E-state index < -0.39 is 10.8 Å². The minimum atomic E-state index is -0.485. The van der Waals surface area contributed by atoms with Gasteiger partial charge in [-0.15, -0.1) is 0 Å². The van der Waals surface area contributed by atoms with Gasteiger partial charge in [-0.1, -0.05) is 6.92 Å². The lowest BCUT2D eigenvalue weighted by atomic mass is 10.1. The molecule has 1 amide bonds. The van der Waals surface area contributed by atoms with E-state index >= 15 is 0 Å². The van der Waals surface area contributed by atoms with E-state index in [1.807, 2.05) is 29.2 Å². The van der Waals surface area contributed by atoms with Crippen LogP contribution in [-0.4, -0.2) is 66.7 Å². The highest BCUT2D eigenvalue weighted by atomic mass is 32.1. The number of amides is 1. The Morgan fingerprint density at radius 3 is 2.29 bits per heavy atom. The SMILES string of the molecule is CCN1CCN(c2ccc(NC(=S)NC(=O)c3ccc(N4CCCCC4)c([N+](=O)[O-])c3)cc2)CC1. The van der Waals surface area contributed by atoms with E-state index in [-0.39, 0.29) is 16.4 Å². The number of piperazine rings is 1. The molecular weight excluding hydrogens is 464 g/mol. The molecule has 0 spiro atoms. The van der Waals surface area contributed by atoms with Crippen molar-refractivity contribution in [2.75, 3.05) is 60.9 Å². The summed E-state index contributed by atoms with van der Waals surface area (Å²) < 4.78 is 0. The molecule has 0 unspecified atom stereocenters. The highest BCUT2D eigenvalue weighted by Crippen LogP contribution is 2.31. The smallest absolute Gasteiger partial charge is 0.293 e. The van der Waals surface area contributed by atoms with Crippen molar-refractivity contribution in [1.82, 2.24) is 10.2 Å². The third kappa shape index (κ3) is 6.26. The van der Waals surface area contributed by atoms with Crippen LogP contribution in [0.4, 0.5) is 22.7 Å². The molecule has 0 atom stereocenters. The average Bonchev–Trinajstić information content (AvgIpc) is 2.89. The zero-order valence-electron chi connectivity index (χ0n) is 20.0. The molecule has 186 valence electrons. The summed E-state index contributed by atoms with van der Waals surface area (Å²) in [4.78, 5) is 30.8. The summed E-state index contributed by atoms with van der Waals surface area (Å²) in [5.41, 5.74) is 2.61. The Kier molecular flexibility index (Phi) is 8.14. The van der Waals surface area contributed by atoms with E-state index in [2.05, 4.69) is 27.4 Å². The number of nitro benzene ring substituents is 1. The Balaban J connectivity index is 1.35. The molecule has 0 saturated carbocycles. The van der Waals surface area contributed by atoms with Crippen molar-refractivity contribution in [2.24, 2.45) is 0 Å². The van der Waals surface area contributed by atoms with Crippen molar-refractivity contribution in [2.45, 2.75) is 26.2 Å². The van der Waals surface area contributed by atoms with E-state index in [0.29, 0.717) is 5.69 Å². The number of thiocarbonyl (C=S) groups is 1. The lowest BCUT2D eigenvalue weighted by Gasteiger charge is -2.35. The molecule has 0 aromatic heterocycles. The van der Waals surface area contributed by atoms with Gasteiger partial charge in [0.25, 0.3) is 11.6 Å². The summed E-state index contributed by atoms with van der Waals surface area (Å²) in [5, 5.41) is 17.5. The molecule has 2 saturated heterocycles. The molecule has 2 aliphatic rings. The molecule has 2 aliphatic heterocycles. The Bertz CT molecular complexity index is 1060. The van der Waals surface area contributed by atoms with Crippen LogP contribution in [0.1, 0.15) is 36.5 Å². The molecule has 0 aliphatic carbocycles. The van der Waals surface area contributed by atoms with Crippen LogP contribution < -0.4 is 20.4 Å². The predicted molar refractivity (Wildman–Crippen MR) is 144 cm³/mol. The molecule has 4 rings (SSSR count). The first-order chi connectivity index (χ1) is 16.9. The van der Waals surface area contributed by atoms with E-state index in [4.69, 9.17) is 12.2 Å². The third-order valence-electron chi connectivity index (χ3n) is 6.67. The molecule has 2 fully saturated rings. The Morgan fingerprint density at radius 2 is 1.66 bits per heavy atom. The van der Waals surface area contributed by atoms with Crippen molar-refractivity contribution >= 4 is 46.0 Å². The Hall–Kier alpha value is -3.24. The molecule has 2 aromatic carbocycles. The summed E-state index contributed by atoms with van der Waals surface area (Å²) in [6.07, 6.45) is 3.15. The predicted octanol–water partition coefficient (Wildman–Crippen LogP) is 3.85. The van der Waals surface area contributed by atoms with Gasteiger partial charge in [0.1, 0.15) is 5.69 Å². The van der Waals surface area contributed by atoms with E-state index in [1.165, 1.54) is 6.07 Å².